The van der Waals surface area contributed by atoms with Gasteiger partial charge in [-0.25, -0.2) is 0 Å². The fraction of sp³-hybridized carbons (Fsp3) is 0.795. The molecule has 11 heteroatoms. The predicted octanol–water partition coefficient (Wildman–Crippen LogP) is 19.6. The lowest BCUT2D eigenvalue weighted by Gasteiger charge is -2.41. The maximum absolute atomic E-state index is 13.5. The highest BCUT2D eigenvalue weighted by Gasteiger charge is 2.47. The molecule has 1 rings (SSSR count). The van der Waals surface area contributed by atoms with Crippen molar-refractivity contribution in [2.24, 2.45) is 0 Å². The average molecular weight is 1250 g/mol. The molecule has 0 radical (unpaired) electrons. The SMILES string of the molecule is CC/C=C\C/C=C\C/C=C\C/C=C\C/C=C\CCCCCCCCCCCCCC(=O)OC1C(OCC(NC(=O)C(O)CCCCCCCCCCCCCC/C=C/CCCCCCCC)C(O)/C=C/CCCCCCCCCCC)OC(CO)C(O)C1O. The minimum absolute atomic E-state index is 0.117. The highest BCUT2D eigenvalue weighted by atomic mass is 16.7. The second kappa shape index (κ2) is 64.9. The lowest BCUT2D eigenvalue weighted by molar-refractivity contribution is -0.305. The van der Waals surface area contributed by atoms with E-state index in [2.05, 4.69) is 99.0 Å². The van der Waals surface area contributed by atoms with E-state index in [4.69, 9.17) is 14.2 Å². The summed E-state index contributed by atoms with van der Waals surface area (Å²) in [6.07, 6.45) is 76.3. The molecule has 89 heavy (non-hydrogen) atoms. The molecule has 0 spiro atoms. The van der Waals surface area contributed by atoms with Crippen LogP contribution in [0.2, 0.25) is 0 Å². The van der Waals surface area contributed by atoms with E-state index in [1.165, 1.54) is 193 Å². The molecule has 1 amide bonds. The van der Waals surface area contributed by atoms with Gasteiger partial charge < -0.3 is 45.1 Å². The Morgan fingerprint density at radius 2 is 0.809 bits per heavy atom. The molecular formula is C78H139NO10. The van der Waals surface area contributed by atoms with Gasteiger partial charge in [-0.05, 0) is 96.3 Å². The van der Waals surface area contributed by atoms with Gasteiger partial charge in [-0.15, -0.1) is 0 Å². The van der Waals surface area contributed by atoms with E-state index in [-0.39, 0.29) is 13.0 Å². The summed E-state index contributed by atoms with van der Waals surface area (Å²) in [7, 11) is 0. The van der Waals surface area contributed by atoms with Crippen LogP contribution in [-0.2, 0) is 23.8 Å². The van der Waals surface area contributed by atoms with Gasteiger partial charge in [0, 0.05) is 6.42 Å². The summed E-state index contributed by atoms with van der Waals surface area (Å²) >= 11 is 0. The summed E-state index contributed by atoms with van der Waals surface area (Å²) in [6, 6.07) is -1.03. The smallest absolute Gasteiger partial charge is 0.306 e. The summed E-state index contributed by atoms with van der Waals surface area (Å²) in [5.41, 5.74) is 0. The summed E-state index contributed by atoms with van der Waals surface area (Å²) < 4.78 is 17.7. The monoisotopic (exact) mass is 1250 g/mol. The van der Waals surface area contributed by atoms with Crippen molar-refractivity contribution in [3.05, 3.63) is 85.1 Å². The van der Waals surface area contributed by atoms with Crippen molar-refractivity contribution >= 4 is 11.9 Å². The van der Waals surface area contributed by atoms with E-state index in [1.807, 2.05) is 6.08 Å². The average Bonchev–Trinajstić information content (AvgIpc) is 1.43. The zero-order valence-electron chi connectivity index (χ0n) is 57.5. The molecule has 1 fully saturated rings. The topological polar surface area (TPSA) is 175 Å². The Kier molecular flexibility index (Phi) is 61.2. The standard InChI is InChI=1S/C78H139NO10/c1-4-7-10-13-16-19-22-24-26-28-30-32-34-35-36-37-38-40-42-44-46-48-51-54-57-60-63-66-73(83)89-76-75(85)74(84)72(67-80)88-78(76)87-68-69(70(81)64-61-58-55-52-49-21-18-15-12-9-6-3)79-77(86)71(82)65-62-59-56-53-50-47-45-43-41-39-33-31-29-27-25-23-20-17-14-11-8-5-2/h7,10,16,19,24-27,30,32,35-36,61,64,69-72,74-76,78,80-82,84-85H,4-6,8-9,11-15,17-18,20-23,28-29,31,33-34,37-60,62-63,65-68H2,1-3H3,(H,79,86)/b10-7-,19-16-,26-24-,27-25+,32-30-,36-35-,64-61+. The van der Waals surface area contributed by atoms with Gasteiger partial charge in [-0.2, -0.15) is 0 Å². The van der Waals surface area contributed by atoms with Gasteiger partial charge in [0.15, 0.2) is 12.4 Å². The number of aliphatic hydroxyl groups is 5. The van der Waals surface area contributed by atoms with E-state index < -0.39 is 67.4 Å². The van der Waals surface area contributed by atoms with E-state index in [1.54, 1.807) is 6.08 Å². The van der Waals surface area contributed by atoms with Crippen molar-refractivity contribution < 1.29 is 49.3 Å². The van der Waals surface area contributed by atoms with Gasteiger partial charge in [0.2, 0.25) is 5.91 Å². The Morgan fingerprint density at radius 1 is 0.449 bits per heavy atom. The number of unbranched alkanes of at least 4 members (excludes halogenated alkanes) is 38. The quantitative estimate of drug-likeness (QED) is 0.0195. The van der Waals surface area contributed by atoms with Gasteiger partial charge in [0.05, 0.1) is 25.4 Å². The van der Waals surface area contributed by atoms with Crippen LogP contribution >= 0.6 is 0 Å². The molecule has 11 nitrogen and oxygen atoms in total. The van der Waals surface area contributed by atoms with Crippen LogP contribution in [0, 0.1) is 0 Å². The Morgan fingerprint density at radius 3 is 1.22 bits per heavy atom. The van der Waals surface area contributed by atoms with Crippen LogP contribution in [0.15, 0.2) is 85.1 Å². The minimum atomic E-state index is -1.62. The molecule has 1 aliphatic rings. The third kappa shape index (κ3) is 52.0. The van der Waals surface area contributed by atoms with E-state index in [0.717, 1.165) is 96.3 Å². The van der Waals surface area contributed by atoms with Crippen molar-refractivity contribution in [2.45, 2.75) is 384 Å². The van der Waals surface area contributed by atoms with Crippen molar-refractivity contribution in [3.8, 4) is 0 Å². The second-order valence-electron chi connectivity index (χ2n) is 25.6. The number of rotatable bonds is 64. The second-order valence-corrected chi connectivity index (χ2v) is 25.6. The summed E-state index contributed by atoms with van der Waals surface area (Å²) in [5.74, 6) is -1.19. The molecule has 516 valence electrons. The van der Waals surface area contributed by atoms with Crippen molar-refractivity contribution in [3.63, 3.8) is 0 Å². The Hall–Kier alpha value is -3.16. The number of carbonyl (C=O) groups excluding carboxylic acids is 2. The Bertz CT molecular complexity index is 1780. The van der Waals surface area contributed by atoms with Gasteiger partial charge in [0.25, 0.3) is 0 Å². The molecule has 6 N–H and O–H groups in total. The van der Waals surface area contributed by atoms with Gasteiger partial charge >= 0.3 is 5.97 Å². The van der Waals surface area contributed by atoms with Crippen LogP contribution in [0.3, 0.4) is 0 Å². The number of carbonyl (C=O) groups is 2. The van der Waals surface area contributed by atoms with Gasteiger partial charge in [0.1, 0.15) is 24.4 Å². The Labute approximate surface area is 546 Å². The summed E-state index contributed by atoms with van der Waals surface area (Å²) in [4.78, 5) is 26.7. The van der Waals surface area contributed by atoms with Crippen molar-refractivity contribution in [2.75, 3.05) is 13.2 Å². The highest BCUT2D eigenvalue weighted by Crippen LogP contribution is 2.26. The van der Waals surface area contributed by atoms with Crippen LogP contribution in [0.4, 0.5) is 0 Å². The maximum atomic E-state index is 13.5. The number of ether oxygens (including phenoxy) is 3. The molecule has 8 unspecified atom stereocenters. The fourth-order valence-corrected chi connectivity index (χ4v) is 11.4. The molecular weight excluding hydrogens is 1110 g/mol. The number of hydrogen-bond acceptors (Lipinski definition) is 10. The first-order chi connectivity index (χ1) is 43.7. The third-order valence-corrected chi connectivity index (χ3v) is 17.3. The van der Waals surface area contributed by atoms with Crippen LogP contribution in [0.1, 0.15) is 335 Å². The third-order valence-electron chi connectivity index (χ3n) is 17.3. The number of allylic oxidation sites excluding steroid dienone is 13. The van der Waals surface area contributed by atoms with E-state index >= 15 is 0 Å². The fourth-order valence-electron chi connectivity index (χ4n) is 11.4. The van der Waals surface area contributed by atoms with Gasteiger partial charge in [-0.1, -0.05) is 318 Å². The van der Waals surface area contributed by atoms with Crippen LogP contribution in [-0.4, -0.2) is 99.6 Å². The molecule has 0 aromatic heterocycles. The largest absolute Gasteiger partial charge is 0.454 e. The number of aliphatic hydroxyl groups excluding tert-OH is 5. The first kappa shape index (κ1) is 83.9. The highest BCUT2D eigenvalue weighted by molar-refractivity contribution is 5.80. The molecule has 0 bridgehead atoms. The van der Waals surface area contributed by atoms with Gasteiger partial charge in [-0.3, -0.25) is 9.59 Å². The minimum Gasteiger partial charge on any atom is -0.454 e. The molecule has 0 aliphatic carbocycles. The predicted molar refractivity (Wildman–Crippen MR) is 375 cm³/mol. The lowest BCUT2D eigenvalue weighted by Crippen LogP contribution is -2.61. The Balaban J connectivity index is 2.51. The molecule has 1 heterocycles. The normalized spacial score (nSPS) is 18.6. The zero-order valence-corrected chi connectivity index (χ0v) is 57.5. The first-order valence-corrected chi connectivity index (χ1v) is 37.4. The zero-order chi connectivity index (χ0) is 64.6. The maximum Gasteiger partial charge on any atom is 0.306 e. The van der Waals surface area contributed by atoms with Crippen LogP contribution in [0.5, 0.6) is 0 Å². The summed E-state index contributed by atoms with van der Waals surface area (Å²) in [5, 5.41) is 57.3. The van der Waals surface area contributed by atoms with Crippen molar-refractivity contribution in [1.82, 2.24) is 5.32 Å². The van der Waals surface area contributed by atoms with E-state index in [9.17, 15) is 35.1 Å². The summed E-state index contributed by atoms with van der Waals surface area (Å²) in [6.45, 7) is 5.70. The molecule has 0 aromatic rings. The first-order valence-electron chi connectivity index (χ1n) is 37.4. The number of hydrogen-bond donors (Lipinski definition) is 6. The molecule has 1 aliphatic heterocycles. The molecule has 0 aromatic carbocycles. The number of amides is 1. The van der Waals surface area contributed by atoms with Crippen LogP contribution < -0.4 is 5.32 Å². The molecule has 8 atom stereocenters. The van der Waals surface area contributed by atoms with Crippen molar-refractivity contribution in [1.29, 1.82) is 0 Å². The molecule has 1 saturated heterocycles. The lowest BCUT2D eigenvalue weighted by atomic mass is 9.99. The number of nitrogens with one attached hydrogen (secondary N) is 1. The molecule has 0 saturated carbocycles. The van der Waals surface area contributed by atoms with Crippen LogP contribution in [0.25, 0.3) is 0 Å². The van der Waals surface area contributed by atoms with E-state index in [0.29, 0.717) is 19.3 Å². The number of esters is 1.